The van der Waals surface area contributed by atoms with Crippen LogP contribution in [-0.4, -0.2) is 49.7 Å². The Morgan fingerprint density at radius 1 is 1.35 bits per heavy atom. The molecule has 0 spiro atoms. The fraction of sp³-hybridized carbons (Fsp3) is 0.611. The van der Waals surface area contributed by atoms with Gasteiger partial charge in [0.2, 0.25) is 5.91 Å². The van der Waals surface area contributed by atoms with E-state index in [1.54, 1.807) is 0 Å². The van der Waals surface area contributed by atoms with Crippen molar-refractivity contribution in [1.82, 2.24) is 10.2 Å². The lowest BCUT2D eigenvalue weighted by Gasteiger charge is -2.37. The summed E-state index contributed by atoms with van der Waals surface area (Å²) in [6.07, 6.45) is 1.88. The molecule has 1 amide bonds. The number of ether oxygens (including phenoxy) is 1. The van der Waals surface area contributed by atoms with Gasteiger partial charge >= 0.3 is 0 Å². The molecule has 128 valence electrons. The van der Waals surface area contributed by atoms with Crippen molar-refractivity contribution in [1.29, 1.82) is 0 Å². The molecule has 2 atom stereocenters. The zero-order valence-electron chi connectivity index (χ0n) is 13.7. The largest absolute Gasteiger partial charge is 0.379 e. The van der Waals surface area contributed by atoms with Crippen molar-refractivity contribution in [2.45, 2.75) is 25.8 Å². The molecule has 2 fully saturated rings. The SMILES string of the molecule is CC(C(=O)N(CCc1ccccc1)C1CCOC1)C1CNC1.Cl. The van der Waals surface area contributed by atoms with Crippen molar-refractivity contribution >= 4 is 18.3 Å². The number of hydrogen-bond donors (Lipinski definition) is 1. The maximum atomic E-state index is 12.9. The number of nitrogens with one attached hydrogen (secondary N) is 1. The Morgan fingerprint density at radius 2 is 2.09 bits per heavy atom. The first-order valence-corrected chi connectivity index (χ1v) is 8.38. The van der Waals surface area contributed by atoms with Crippen molar-refractivity contribution in [3.05, 3.63) is 35.9 Å². The van der Waals surface area contributed by atoms with Gasteiger partial charge in [-0.05, 0) is 37.4 Å². The third-order valence-corrected chi connectivity index (χ3v) is 5.02. The summed E-state index contributed by atoms with van der Waals surface area (Å²) in [7, 11) is 0. The Balaban J connectivity index is 0.00000192. The van der Waals surface area contributed by atoms with Gasteiger partial charge in [-0.25, -0.2) is 0 Å². The Hall–Kier alpha value is -1.10. The number of amides is 1. The fourth-order valence-electron chi connectivity index (χ4n) is 3.26. The van der Waals surface area contributed by atoms with Crippen molar-refractivity contribution in [2.75, 3.05) is 32.8 Å². The molecular weight excluding hydrogens is 312 g/mol. The van der Waals surface area contributed by atoms with E-state index < -0.39 is 0 Å². The third-order valence-electron chi connectivity index (χ3n) is 5.02. The Bertz CT molecular complexity index is 487. The van der Waals surface area contributed by atoms with E-state index >= 15 is 0 Å². The summed E-state index contributed by atoms with van der Waals surface area (Å²) in [5, 5.41) is 3.27. The number of rotatable bonds is 6. The van der Waals surface area contributed by atoms with Crippen LogP contribution in [0.3, 0.4) is 0 Å². The molecule has 2 unspecified atom stereocenters. The molecule has 3 rings (SSSR count). The highest BCUT2D eigenvalue weighted by atomic mass is 35.5. The number of hydrogen-bond acceptors (Lipinski definition) is 3. The van der Waals surface area contributed by atoms with Crippen LogP contribution in [-0.2, 0) is 16.0 Å². The van der Waals surface area contributed by atoms with Gasteiger partial charge in [0.15, 0.2) is 0 Å². The summed E-state index contributed by atoms with van der Waals surface area (Å²) >= 11 is 0. The van der Waals surface area contributed by atoms with Crippen molar-refractivity contribution < 1.29 is 9.53 Å². The fourth-order valence-corrected chi connectivity index (χ4v) is 3.26. The van der Waals surface area contributed by atoms with E-state index in [-0.39, 0.29) is 24.4 Å². The van der Waals surface area contributed by atoms with Gasteiger partial charge in [-0.1, -0.05) is 37.3 Å². The molecule has 1 N–H and O–H groups in total. The van der Waals surface area contributed by atoms with Crippen molar-refractivity contribution in [3.63, 3.8) is 0 Å². The molecule has 0 saturated carbocycles. The topological polar surface area (TPSA) is 41.6 Å². The third kappa shape index (κ3) is 4.46. The highest BCUT2D eigenvalue weighted by molar-refractivity contribution is 5.85. The minimum Gasteiger partial charge on any atom is -0.379 e. The van der Waals surface area contributed by atoms with E-state index in [9.17, 15) is 4.79 Å². The summed E-state index contributed by atoms with van der Waals surface area (Å²) in [4.78, 5) is 15.0. The summed E-state index contributed by atoms with van der Waals surface area (Å²) in [6, 6.07) is 10.7. The molecular formula is C18H27ClN2O2. The highest BCUT2D eigenvalue weighted by Crippen LogP contribution is 2.22. The average molecular weight is 339 g/mol. The van der Waals surface area contributed by atoms with E-state index in [1.165, 1.54) is 5.56 Å². The lowest BCUT2D eigenvalue weighted by Crippen LogP contribution is -2.52. The van der Waals surface area contributed by atoms with Crippen LogP contribution in [0.2, 0.25) is 0 Å². The van der Waals surface area contributed by atoms with Crippen LogP contribution in [0.4, 0.5) is 0 Å². The molecule has 23 heavy (non-hydrogen) atoms. The lowest BCUT2D eigenvalue weighted by atomic mass is 9.87. The van der Waals surface area contributed by atoms with Gasteiger partial charge in [-0.3, -0.25) is 4.79 Å². The van der Waals surface area contributed by atoms with E-state index in [0.717, 1.165) is 39.1 Å². The van der Waals surface area contributed by atoms with E-state index in [2.05, 4.69) is 41.4 Å². The number of carbonyl (C=O) groups is 1. The van der Waals surface area contributed by atoms with Gasteiger partial charge < -0.3 is 15.0 Å². The molecule has 4 nitrogen and oxygen atoms in total. The van der Waals surface area contributed by atoms with Gasteiger partial charge in [0.25, 0.3) is 0 Å². The highest BCUT2D eigenvalue weighted by Gasteiger charge is 2.35. The average Bonchev–Trinajstić information content (AvgIpc) is 3.00. The van der Waals surface area contributed by atoms with Crippen LogP contribution in [0.1, 0.15) is 18.9 Å². The quantitative estimate of drug-likeness (QED) is 0.864. The second-order valence-electron chi connectivity index (χ2n) is 6.49. The smallest absolute Gasteiger partial charge is 0.226 e. The molecule has 2 heterocycles. The van der Waals surface area contributed by atoms with Crippen LogP contribution in [0, 0.1) is 11.8 Å². The lowest BCUT2D eigenvalue weighted by molar-refractivity contribution is -0.139. The van der Waals surface area contributed by atoms with Gasteiger partial charge in [0.05, 0.1) is 12.6 Å². The minimum atomic E-state index is 0. The minimum absolute atomic E-state index is 0. The first kappa shape index (κ1) is 18.2. The van der Waals surface area contributed by atoms with Gasteiger partial charge in [-0.15, -0.1) is 12.4 Å². The van der Waals surface area contributed by atoms with Gasteiger partial charge in [0.1, 0.15) is 0 Å². The van der Waals surface area contributed by atoms with Crippen LogP contribution in [0.5, 0.6) is 0 Å². The molecule has 2 aliphatic heterocycles. The van der Waals surface area contributed by atoms with Gasteiger partial charge in [-0.2, -0.15) is 0 Å². The Kier molecular flexibility index (Phi) is 6.88. The predicted molar refractivity (Wildman–Crippen MR) is 93.9 cm³/mol. The molecule has 1 aromatic rings. The molecule has 2 saturated heterocycles. The number of carbonyl (C=O) groups excluding carboxylic acids is 1. The Morgan fingerprint density at radius 3 is 2.65 bits per heavy atom. The van der Waals surface area contributed by atoms with Gasteiger partial charge in [0, 0.05) is 19.1 Å². The van der Waals surface area contributed by atoms with E-state index in [4.69, 9.17) is 4.74 Å². The Labute approximate surface area is 145 Å². The molecule has 5 heteroatoms. The summed E-state index contributed by atoms with van der Waals surface area (Å²) in [5.74, 6) is 0.907. The zero-order valence-corrected chi connectivity index (χ0v) is 14.6. The van der Waals surface area contributed by atoms with Crippen LogP contribution >= 0.6 is 12.4 Å². The molecule has 2 aliphatic rings. The monoisotopic (exact) mass is 338 g/mol. The van der Waals surface area contributed by atoms with Crippen LogP contribution in [0.15, 0.2) is 30.3 Å². The number of halogens is 1. The number of benzene rings is 1. The van der Waals surface area contributed by atoms with E-state index in [1.807, 2.05) is 6.07 Å². The maximum absolute atomic E-state index is 12.9. The molecule has 0 radical (unpaired) electrons. The first-order chi connectivity index (χ1) is 10.8. The first-order valence-electron chi connectivity index (χ1n) is 8.38. The van der Waals surface area contributed by atoms with Crippen molar-refractivity contribution in [3.8, 4) is 0 Å². The molecule has 0 bridgehead atoms. The van der Waals surface area contributed by atoms with Crippen LogP contribution in [0.25, 0.3) is 0 Å². The van der Waals surface area contributed by atoms with Crippen LogP contribution < -0.4 is 5.32 Å². The maximum Gasteiger partial charge on any atom is 0.226 e. The standard InChI is InChI=1S/C18H26N2O2.ClH/c1-14(16-11-19-12-16)18(21)20(17-8-10-22-13-17)9-7-15-5-3-2-4-6-15;/h2-6,14,16-17,19H,7-13H2,1H3;1H. The summed E-state index contributed by atoms with van der Waals surface area (Å²) < 4.78 is 5.51. The number of nitrogens with zero attached hydrogens (tertiary/aromatic N) is 1. The molecule has 0 aliphatic carbocycles. The zero-order chi connectivity index (χ0) is 15.4. The second-order valence-corrected chi connectivity index (χ2v) is 6.49. The normalized spacial score (nSPS) is 22.0. The predicted octanol–water partition coefficient (Wildman–Crippen LogP) is 2.12. The molecule has 1 aromatic carbocycles. The van der Waals surface area contributed by atoms with E-state index in [0.29, 0.717) is 18.4 Å². The summed E-state index contributed by atoms with van der Waals surface area (Å²) in [6.45, 7) is 6.29. The van der Waals surface area contributed by atoms with Crippen molar-refractivity contribution in [2.24, 2.45) is 11.8 Å². The summed E-state index contributed by atoms with van der Waals surface area (Å²) in [5.41, 5.74) is 1.29. The molecule has 0 aromatic heterocycles. The second kappa shape index (κ2) is 8.67.